The summed E-state index contributed by atoms with van der Waals surface area (Å²) in [6.45, 7) is 7.33. The fourth-order valence-electron chi connectivity index (χ4n) is 5.72. The van der Waals surface area contributed by atoms with Crippen LogP contribution in [0.5, 0.6) is 0 Å². The molecule has 1 aromatic heterocycles. The van der Waals surface area contributed by atoms with E-state index in [0.29, 0.717) is 18.8 Å². The number of aromatic nitrogens is 1. The monoisotopic (exact) mass is 452 g/mol. The lowest BCUT2D eigenvalue weighted by Crippen LogP contribution is -2.65. The highest BCUT2D eigenvalue weighted by molar-refractivity contribution is 6.03. The fraction of sp³-hybridized carbons (Fsp3) is 0.615. The van der Waals surface area contributed by atoms with Crippen LogP contribution in [0.25, 0.3) is 10.9 Å². The number of nitrogens with one attached hydrogen (secondary N) is 1. The van der Waals surface area contributed by atoms with E-state index in [1.165, 1.54) is 6.42 Å². The lowest BCUT2D eigenvalue weighted by Gasteiger charge is -2.45. The normalized spacial score (nSPS) is 24.8. The molecule has 0 bridgehead atoms. The zero-order valence-corrected chi connectivity index (χ0v) is 19.7. The zero-order valence-electron chi connectivity index (χ0n) is 19.7. The van der Waals surface area contributed by atoms with Gasteiger partial charge >= 0.3 is 0 Å². The third-order valence-electron chi connectivity index (χ3n) is 7.73. The Labute approximate surface area is 196 Å². The smallest absolute Gasteiger partial charge is 0.271 e. The van der Waals surface area contributed by atoms with E-state index in [9.17, 15) is 9.59 Å². The van der Waals surface area contributed by atoms with Crippen LogP contribution in [0.2, 0.25) is 0 Å². The van der Waals surface area contributed by atoms with Crippen molar-refractivity contribution in [2.24, 2.45) is 0 Å². The first-order valence-corrected chi connectivity index (χ1v) is 12.6. The standard InChI is InChI=1S/C26H36N4O3/c1-26(25(32)27-21-9-3-2-4-10-21)19-29-22-11-6-5-8-20(22)18-23(29)24(31)30(26)13-7-12-28-14-16-33-17-15-28/h5-6,8,11,18,21H,2-4,7,9-10,12-17,19H2,1H3,(H,27,32)/t26-/m1/s1. The molecular weight excluding hydrogens is 416 g/mol. The minimum absolute atomic E-state index is 0.0162. The number of benzene rings is 1. The molecule has 0 unspecified atom stereocenters. The quantitative estimate of drug-likeness (QED) is 0.732. The molecule has 1 saturated heterocycles. The summed E-state index contributed by atoms with van der Waals surface area (Å²) in [7, 11) is 0. The van der Waals surface area contributed by atoms with E-state index in [0.717, 1.165) is 75.9 Å². The van der Waals surface area contributed by atoms with Gasteiger partial charge in [0.15, 0.2) is 0 Å². The first-order valence-electron chi connectivity index (χ1n) is 12.6. The topological polar surface area (TPSA) is 66.8 Å². The number of carbonyl (C=O) groups is 2. The van der Waals surface area contributed by atoms with Gasteiger partial charge in [-0.15, -0.1) is 0 Å². The van der Waals surface area contributed by atoms with Crippen LogP contribution in [0.4, 0.5) is 0 Å². The number of para-hydroxylation sites is 1. The second-order valence-corrected chi connectivity index (χ2v) is 10.0. The second-order valence-electron chi connectivity index (χ2n) is 10.0. The SMILES string of the molecule is C[C@]1(C(=O)NC2CCCCC2)Cn2c(cc3ccccc32)C(=O)N1CCCN1CCOCC1. The van der Waals surface area contributed by atoms with Crippen molar-refractivity contribution in [1.29, 1.82) is 0 Å². The lowest BCUT2D eigenvalue weighted by atomic mass is 9.91. The molecule has 3 heterocycles. The summed E-state index contributed by atoms with van der Waals surface area (Å²) in [6, 6.07) is 10.3. The van der Waals surface area contributed by atoms with E-state index >= 15 is 0 Å². The number of hydrogen-bond donors (Lipinski definition) is 1. The van der Waals surface area contributed by atoms with Crippen LogP contribution in [0.3, 0.4) is 0 Å². The van der Waals surface area contributed by atoms with E-state index in [2.05, 4.69) is 14.8 Å². The predicted octanol–water partition coefficient (Wildman–Crippen LogP) is 3.03. The van der Waals surface area contributed by atoms with Crippen LogP contribution in [0.15, 0.2) is 30.3 Å². The Kier molecular flexibility index (Phi) is 6.43. The molecule has 1 atom stereocenters. The minimum Gasteiger partial charge on any atom is -0.379 e. The fourth-order valence-corrected chi connectivity index (χ4v) is 5.72. The molecule has 33 heavy (non-hydrogen) atoms. The molecule has 2 fully saturated rings. The van der Waals surface area contributed by atoms with Crippen LogP contribution < -0.4 is 5.32 Å². The van der Waals surface area contributed by atoms with Crippen molar-refractivity contribution in [3.05, 3.63) is 36.0 Å². The Hall–Kier alpha value is -2.38. The number of nitrogens with zero attached hydrogens (tertiary/aromatic N) is 3. The summed E-state index contributed by atoms with van der Waals surface area (Å²) in [5.74, 6) is -0.0572. The third kappa shape index (κ3) is 4.41. The van der Waals surface area contributed by atoms with Crippen molar-refractivity contribution in [3.63, 3.8) is 0 Å². The molecule has 7 nitrogen and oxygen atoms in total. The molecule has 2 amide bonds. The molecule has 2 aliphatic heterocycles. The molecule has 0 spiro atoms. The summed E-state index contributed by atoms with van der Waals surface area (Å²) < 4.78 is 7.51. The summed E-state index contributed by atoms with van der Waals surface area (Å²) in [4.78, 5) is 31.7. The highest BCUT2D eigenvalue weighted by atomic mass is 16.5. The third-order valence-corrected chi connectivity index (χ3v) is 7.73. The van der Waals surface area contributed by atoms with Crippen molar-refractivity contribution in [2.45, 2.75) is 63.6 Å². The van der Waals surface area contributed by atoms with Gasteiger partial charge in [-0.3, -0.25) is 14.5 Å². The Morgan fingerprint density at radius 1 is 1.12 bits per heavy atom. The number of fused-ring (bicyclic) bond motifs is 3. The average Bonchev–Trinajstić information content (AvgIpc) is 3.21. The van der Waals surface area contributed by atoms with E-state index < -0.39 is 5.54 Å². The lowest BCUT2D eigenvalue weighted by molar-refractivity contribution is -0.133. The second kappa shape index (κ2) is 9.47. The molecule has 178 valence electrons. The van der Waals surface area contributed by atoms with Crippen LogP contribution in [0.1, 0.15) is 55.9 Å². The Morgan fingerprint density at radius 3 is 2.67 bits per heavy atom. The van der Waals surface area contributed by atoms with E-state index in [-0.39, 0.29) is 17.9 Å². The number of amides is 2. The average molecular weight is 453 g/mol. The first kappa shape index (κ1) is 22.4. The highest BCUT2D eigenvalue weighted by Gasteiger charge is 2.47. The number of morpholine rings is 1. The summed E-state index contributed by atoms with van der Waals surface area (Å²) in [6.07, 6.45) is 6.48. The summed E-state index contributed by atoms with van der Waals surface area (Å²) in [5, 5.41) is 4.36. The van der Waals surface area contributed by atoms with Gasteiger partial charge in [0.05, 0.1) is 19.8 Å². The van der Waals surface area contributed by atoms with Crippen LogP contribution >= 0.6 is 0 Å². The predicted molar refractivity (Wildman–Crippen MR) is 128 cm³/mol. The Bertz CT molecular complexity index is 1010. The van der Waals surface area contributed by atoms with Gasteiger partial charge in [-0.2, -0.15) is 0 Å². The summed E-state index contributed by atoms with van der Waals surface area (Å²) in [5.41, 5.74) is 0.796. The van der Waals surface area contributed by atoms with Crippen LogP contribution in [-0.2, 0) is 16.1 Å². The largest absolute Gasteiger partial charge is 0.379 e. The molecule has 1 saturated carbocycles. The Balaban J connectivity index is 1.40. The van der Waals surface area contributed by atoms with E-state index in [1.807, 2.05) is 42.2 Å². The molecule has 7 heteroatoms. The molecule has 0 radical (unpaired) electrons. The number of ether oxygens (including phenoxy) is 1. The van der Waals surface area contributed by atoms with Crippen molar-refractivity contribution >= 4 is 22.7 Å². The number of rotatable bonds is 6. The van der Waals surface area contributed by atoms with Crippen LogP contribution in [0, 0.1) is 0 Å². The van der Waals surface area contributed by atoms with Gasteiger partial charge in [-0.25, -0.2) is 0 Å². The van der Waals surface area contributed by atoms with Gasteiger partial charge < -0.3 is 19.5 Å². The zero-order chi connectivity index (χ0) is 22.8. The number of hydrogen-bond acceptors (Lipinski definition) is 4. The molecule has 1 aromatic carbocycles. The van der Waals surface area contributed by atoms with Gasteiger partial charge in [0, 0.05) is 43.1 Å². The van der Waals surface area contributed by atoms with Crippen molar-refractivity contribution in [1.82, 2.24) is 19.7 Å². The van der Waals surface area contributed by atoms with Crippen molar-refractivity contribution < 1.29 is 14.3 Å². The van der Waals surface area contributed by atoms with Crippen LogP contribution in [-0.4, -0.2) is 77.2 Å². The highest BCUT2D eigenvalue weighted by Crippen LogP contribution is 2.33. The van der Waals surface area contributed by atoms with Gasteiger partial charge in [-0.1, -0.05) is 37.5 Å². The summed E-state index contributed by atoms with van der Waals surface area (Å²) >= 11 is 0. The number of carbonyl (C=O) groups excluding carboxylic acids is 2. The van der Waals surface area contributed by atoms with E-state index in [1.54, 1.807) is 0 Å². The minimum atomic E-state index is -0.908. The maximum atomic E-state index is 13.8. The maximum absolute atomic E-state index is 13.8. The molecule has 2 aromatic rings. The van der Waals surface area contributed by atoms with Gasteiger partial charge in [0.2, 0.25) is 5.91 Å². The Morgan fingerprint density at radius 2 is 1.88 bits per heavy atom. The molecule has 1 N–H and O–H groups in total. The van der Waals surface area contributed by atoms with Crippen molar-refractivity contribution in [2.75, 3.05) is 39.4 Å². The molecule has 5 rings (SSSR count). The van der Waals surface area contributed by atoms with Gasteiger partial charge in [0.1, 0.15) is 11.2 Å². The maximum Gasteiger partial charge on any atom is 0.271 e. The molecule has 3 aliphatic rings. The van der Waals surface area contributed by atoms with Gasteiger partial charge in [0.25, 0.3) is 5.91 Å². The first-order chi connectivity index (χ1) is 16.1. The van der Waals surface area contributed by atoms with E-state index in [4.69, 9.17) is 4.74 Å². The van der Waals surface area contributed by atoms with Gasteiger partial charge in [-0.05, 0) is 38.3 Å². The molecule has 1 aliphatic carbocycles. The molecular formula is C26H36N4O3. The van der Waals surface area contributed by atoms with Crippen molar-refractivity contribution in [3.8, 4) is 0 Å².